The molecule has 1 aromatic rings. The molecule has 0 bridgehead atoms. The molecule has 0 aromatic heterocycles. The molecule has 1 aliphatic rings. The Morgan fingerprint density at radius 3 is 2.74 bits per heavy atom. The number of benzene rings is 1. The van der Waals surface area contributed by atoms with Crippen molar-refractivity contribution >= 4 is 5.97 Å². The van der Waals surface area contributed by atoms with Crippen LogP contribution in [0.3, 0.4) is 0 Å². The summed E-state index contributed by atoms with van der Waals surface area (Å²) in [6.07, 6.45) is 2.54. The van der Waals surface area contributed by atoms with Gasteiger partial charge in [-0.05, 0) is 31.0 Å². The van der Waals surface area contributed by atoms with E-state index in [1.54, 1.807) is 0 Å². The summed E-state index contributed by atoms with van der Waals surface area (Å²) in [4.78, 5) is 11.7. The average molecular weight is 269 g/mol. The number of carbonyl (C=O) groups is 1. The van der Waals surface area contributed by atoms with Crippen molar-refractivity contribution in [3.05, 3.63) is 35.4 Å². The molecule has 0 heterocycles. The van der Waals surface area contributed by atoms with Crippen LogP contribution in [0.2, 0.25) is 0 Å². The summed E-state index contributed by atoms with van der Waals surface area (Å²) in [5.41, 5.74) is -0.224. The molecule has 0 aliphatic heterocycles. The maximum atomic E-state index is 13.4. The summed E-state index contributed by atoms with van der Waals surface area (Å²) >= 11 is 0. The van der Waals surface area contributed by atoms with Crippen molar-refractivity contribution in [1.29, 1.82) is 0 Å². The van der Waals surface area contributed by atoms with Crippen LogP contribution >= 0.6 is 0 Å². The Bertz CT molecular complexity index is 473. The van der Waals surface area contributed by atoms with Crippen molar-refractivity contribution in [3.63, 3.8) is 0 Å². The lowest BCUT2D eigenvalue weighted by molar-refractivity contribution is -0.158. The van der Waals surface area contributed by atoms with E-state index in [0.717, 1.165) is 37.5 Å². The summed E-state index contributed by atoms with van der Waals surface area (Å²) in [6.45, 7) is 0.623. The SMILES string of the molecule is COC(=O)C1(CNCc2cc(F)ccc2F)CCC1. The highest BCUT2D eigenvalue weighted by Gasteiger charge is 2.44. The maximum absolute atomic E-state index is 13.4. The standard InChI is InChI=1S/C14H17F2NO2/c1-19-13(18)14(5-2-6-14)9-17-8-10-7-11(15)3-4-12(10)16/h3-4,7,17H,2,5-6,8-9H2,1H3. The van der Waals surface area contributed by atoms with Crippen LogP contribution in [-0.2, 0) is 16.1 Å². The van der Waals surface area contributed by atoms with Crippen LogP contribution in [0.15, 0.2) is 18.2 Å². The number of methoxy groups -OCH3 is 1. The molecule has 104 valence electrons. The van der Waals surface area contributed by atoms with Gasteiger partial charge in [0, 0.05) is 18.7 Å². The van der Waals surface area contributed by atoms with Crippen LogP contribution in [0.25, 0.3) is 0 Å². The topological polar surface area (TPSA) is 38.3 Å². The minimum atomic E-state index is -0.488. The van der Waals surface area contributed by atoms with Gasteiger partial charge in [0.25, 0.3) is 0 Å². The van der Waals surface area contributed by atoms with Gasteiger partial charge in [0.1, 0.15) is 11.6 Å². The van der Waals surface area contributed by atoms with Gasteiger partial charge in [-0.15, -0.1) is 0 Å². The summed E-state index contributed by atoms with van der Waals surface area (Å²) in [5, 5.41) is 3.02. The van der Waals surface area contributed by atoms with Crippen molar-refractivity contribution in [2.75, 3.05) is 13.7 Å². The third-order valence-corrected chi connectivity index (χ3v) is 3.72. The molecule has 5 heteroatoms. The van der Waals surface area contributed by atoms with E-state index < -0.39 is 17.0 Å². The number of halogens is 2. The van der Waals surface area contributed by atoms with Gasteiger partial charge < -0.3 is 10.1 Å². The number of ether oxygens (including phenoxy) is 1. The van der Waals surface area contributed by atoms with Crippen LogP contribution in [0.5, 0.6) is 0 Å². The first kappa shape index (κ1) is 13.9. The van der Waals surface area contributed by atoms with E-state index in [-0.39, 0.29) is 18.1 Å². The van der Waals surface area contributed by atoms with E-state index in [4.69, 9.17) is 4.74 Å². The minimum absolute atomic E-state index is 0.197. The number of carbonyl (C=O) groups excluding carboxylic acids is 1. The Balaban J connectivity index is 1.92. The second-order valence-corrected chi connectivity index (χ2v) is 4.96. The first-order valence-corrected chi connectivity index (χ1v) is 6.30. The molecule has 3 nitrogen and oxygen atoms in total. The molecule has 0 saturated heterocycles. The lowest BCUT2D eigenvalue weighted by Gasteiger charge is -2.39. The zero-order valence-electron chi connectivity index (χ0n) is 10.8. The first-order valence-electron chi connectivity index (χ1n) is 6.30. The third-order valence-electron chi connectivity index (χ3n) is 3.72. The predicted octanol–water partition coefficient (Wildman–Crippen LogP) is 2.40. The molecular weight excluding hydrogens is 252 g/mol. The molecule has 1 N–H and O–H groups in total. The number of hydrogen-bond donors (Lipinski definition) is 1. The number of esters is 1. The fourth-order valence-corrected chi connectivity index (χ4v) is 2.39. The number of rotatable bonds is 5. The molecule has 19 heavy (non-hydrogen) atoms. The molecule has 0 unspecified atom stereocenters. The van der Waals surface area contributed by atoms with E-state index in [0.29, 0.717) is 6.54 Å². The molecule has 2 rings (SSSR count). The van der Waals surface area contributed by atoms with E-state index >= 15 is 0 Å². The summed E-state index contributed by atoms with van der Waals surface area (Å²) in [5.74, 6) is -1.15. The smallest absolute Gasteiger partial charge is 0.313 e. The zero-order chi connectivity index (χ0) is 13.9. The molecule has 1 saturated carbocycles. The fraction of sp³-hybridized carbons (Fsp3) is 0.500. The van der Waals surface area contributed by atoms with Gasteiger partial charge in [0.15, 0.2) is 0 Å². The first-order chi connectivity index (χ1) is 9.07. The second kappa shape index (κ2) is 5.65. The van der Waals surface area contributed by atoms with Crippen molar-refractivity contribution in [2.24, 2.45) is 5.41 Å². The van der Waals surface area contributed by atoms with Gasteiger partial charge in [-0.2, -0.15) is 0 Å². The van der Waals surface area contributed by atoms with Crippen LogP contribution in [-0.4, -0.2) is 19.6 Å². The lowest BCUT2D eigenvalue weighted by atomic mass is 9.68. The van der Waals surface area contributed by atoms with Crippen molar-refractivity contribution in [3.8, 4) is 0 Å². The molecule has 1 fully saturated rings. The normalized spacial score (nSPS) is 16.8. The Morgan fingerprint density at radius 1 is 1.42 bits per heavy atom. The third kappa shape index (κ3) is 2.92. The van der Waals surface area contributed by atoms with E-state index in [1.165, 1.54) is 7.11 Å². The zero-order valence-corrected chi connectivity index (χ0v) is 10.8. The van der Waals surface area contributed by atoms with Gasteiger partial charge in [0.05, 0.1) is 12.5 Å². The Labute approximate surface area is 111 Å². The van der Waals surface area contributed by atoms with E-state index in [2.05, 4.69) is 5.32 Å². The predicted molar refractivity (Wildman–Crippen MR) is 66.4 cm³/mol. The summed E-state index contributed by atoms with van der Waals surface area (Å²) in [7, 11) is 1.37. The van der Waals surface area contributed by atoms with Crippen LogP contribution < -0.4 is 5.32 Å². The monoisotopic (exact) mass is 269 g/mol. The maximum Gasteiger partial charge on any atom is 0.313 e. The highest BCUT2D eigenvalue weighted by Crippen LogP contribution is 2.41. The number of hydrogen-bond acceptors (Lipinski definition) is 3. The van der Waals surface area contributed by atoms with Crippen molar-refractivity contribution in [2.45, 2.75) is 25.8 Å². The molecule has 0 spiro atoms. The molecule has 1 aromatic carbocycles. The molecule has 0 radical (unpaired) electrons. The Hall–Kier alpha value is -1.49. The summed E-state index contributed by atoms with van der Waals surface area (Å²) in [6, 6.07) is 3.35. The average Bonchev–Trinajstić information content (AvgIpc) is 2.35. The van der Waals surface area contributed by atoms with E-state index in [1.807, 2.05) is 0 Å². The van der Waals surface area contributed by atoms with Crippen LogP contribution in [0.1, 0.15) is 24.8 Å². The highest BCUT2D eigenvalue weighted by atomic mass is 19.1. The second-order valence-electron chi connectivity index (χ2n) is 4.96. The van der Waals surface area contributed by atoms with Crippen molar-refractivity contribution in [1.82, 2.24) is 5.32 Å². The summed E-state index contributed by atoms with van der Waals surface area (Å²) < 4.78 is 31.2. The van der Waals surface area contributed by atoms with Gasteiger partial charge in [-0.1, -0.05) is 6.42 Å². The fourth-order valence-electron chi connectivity index (χ4n) is 2.39. The molecular formula is C14H17F2NO2. The largest absolute Gasteiger partial charge is 0.469 e. The lowest BCUT2D eigenvalue weighted by Crippen LogP contribution is -2.46. The quantitative estimate of drug-likeness (QED) is 0.834. The van der Waals surface area contributed by atoms with Gasteiger partial charge >= 0.3 is 5.97 Å². The Morgan fingerprint density at radius 2 is 2.16 bits per heavy atom. The highest BCUT2D eigenvalue weighted by molar-refractivity contribution is 5.78. The molecule has 0 atom stereocenters. The van der Waals surface area contributed by atoms with Gasteiger partial charge in [-0.3, -0.25) is 4.79 Å². The number of nitrogens with one attached hydrogen (secondary N) is 1. The minimum Gasteiger partial charge on any atom is -0.469 e. The van der Waals surface area contributed by atoms with E-state index in [9.17, 15) is 13.6 Å². The van der Waals surface area contributed by atoms with Crippen LogP contribution in [0.4, 0.5) is 8.78 Å². The van der Waals surface area contributed by atoms with Crippen molar-refractivity contribution < 1.29 is 18.3 Å². The van der Waals surface area contributed by atoms with Gasteiger partial charge in [-0.25, -0.2) is 8.78 Å². The van der Waals surface area contributed by atoms with Crippen LogP contribution in [0, 0.1) is 17.0 Å². The van der Waals surface area contributed by atoms with Gasteiger partial charge in [0.2, 0.25) is 0 Å². The molecule has 1 aliphatic carbocycles. The Kier molecular flexibility index (Phi) is 4.14. The molecule has 0 amide bonds.